The number of nitrogens with two attached hydrogens (primary N) is 1. The van der Waals surface area contributed by atoms with E-state index in [0.717, 1.165) is 6.42 Å². The van der Waals surface area contributed by atoms with Crippen LogP contribution in [0.15, 0.2) is 6.33 Å². The van der Waals surface area contributed by atoms with E-state index in [1.165, 1.54) is 6.33 Å². The van der Waals surface area contributed by atoms with Gasteiger partial charge < -0.3 is 5.73 Å². The first-order valence-electron chi connectivity index (χ1n) is 5.12. The Labute approximate surface area is 92.5 Å². The topological polar surface area (TPSA) is 86.7 Å². The van der Waals surface area contributed by atoms with Crippen molar-refractivity contribution in [2.45, 2.75) is 26.3 Å². The maximum Gasteiger partial charge on any atom is 0.171 e. The van der Waals surface area contributed by atoms with Crippen LogP contribution < -0.4 is 5.73 Å². The number of nitrogen functional groups attached to an aromatic ring is 1. The van der Waals surface area contributed by atoms with E-state index in [2.05, 4.69) is 15.1 Å². The minimum Gasteiger partial charge on any atom is -0.383 e. The highest BCUT2D eigenvalue weighted by molar-refractivity contribution is 5.99. The van der Waals surface area contributed by atoms with Crippen molar-refractivity contribution in [1.29, 1.82) is 0 Å². The van der Waals surface area contributed by atoms with Crippen LogP contribution in [0.4, 0.5) is 5.82 Å². The van der Waals surface area contributed by atoms with Crippen molar-refractivity contribution < 1.29 is 4.79 Å². The molecule has 0 radical (unpaired) electrons. The Kier molecular flexibility index (Phi) is 2.55. The molecule has 0 aliphatic heterocycles. The van der Waals surface area contributed by atoms with Crippen LogP contribution in [0.3, 0.4) is 0 Å². The third-order valence-electron chi connectivity index (χ3n) is 2.67. The van der Waals surface area contributed by atoms with Gasteiger partial charge in [-0.1, -0.05) is 6.92 Å². The maximum atomic E-state index is 10.9. The average molecular weight is 219 g/mol. The van der Waals surface area contributed by atoms with Gasteiger partial charge in [0, 0.05) is 0 Å². The van der Waals surface area contributed by atoms with Crippen molar-refractivity contribution in [2.75, 3.05) is 5.73 Å². The summed E-state index contributed by atoms with van der Waals surface area (Å²) in [5.74, 6) is 0.293. The molecule has 6 heteroatoms. The molecule has 1 unspecified atom stereocenters. The molecular weight excluding hydrogens is 206 g/mol. The van der Waals surface area contributed by atoms with E-state index in [4.69, 9.17) is 5.73 Å². The van der Waals surface area contributed by atoms with Gasteiger partial charge in [-0.05, 0) is 13.3 Å². The molecule has 0 aliphatic rings. The number of carbonyl (C=O) groups excluding carboxylic acids is 1. The zero-order valence-electron chi connectivity index (χ0n) is 9.21. The Morgan fingerprint density at radius 3 is 2.94 bits per heavy atom. The molecule has 6 nitrogen and oxygen atoms in total. The van der Waals surface area contributed by atoms with Gasteiger partial charge in [-0.25, -0.2) is 14.6 Å². The summed E-state index contributed by atoms with van der Waals surface area (Å²) in [6.45, 7) is 4.06. The van der Waals surface area contributed by atoms with Crippen molar-refractivity contribution in [1.82, 2.24) is 19.7 Å². The molecule has 84 valence electrons. The van der Waals surface area contributed by atoms with Gasteiger partial charge in [0.15, 0.2) is 11.9 Å². The predicted molar refractivity (Wildman–Crippen MR) is 60.1 cm³/mol. The summed E-state index contributed by atoms with van der Waals surface area (Å²) < 4.78 is 1.72. The fraction of sp³-hybridized carbons (Fsp3) is 0.400. The van der Waals surface area contributed by atoms with Crippen LogP contribution in [-0.4, -0.2) is 26.0 Å². The van der Waals surface area contributed by atoms with Gasteiger partial charge in [-0.15, -0.1) is 0 Å². The molecule has 16 heavy (non-hydrogen) atoms. The summed E-state index contributed by atoms with van der Waals surface area (Å²) in [6, 6.07) is 0.172. The highest BCUT2D eigenvalue weighted by Crippen LogP contribution is 2.23. The number of carbonyl (C=O) groups is 1. The number of fused-ring (bicyclic) bond motifs is 1. The van der Waals surface area contributed by atoms with Crippen molar-refractivity contribution in [3.05, 3.63) is 12.0 Å². The highest BCUT2D eigenvalue weighted by Gasteiger charge is 2.17. The van der Waals surface area contributed by atoms with E-state index < -0.39 is 0 Å². The van der Waals surface area contributed by atoms with E-state index >= 15 is 0 Å². The molecule has 0 aromatic carbocycles. The van der Waals surface area contributed by atoms with Crippen LogP contribution in [0.5, 0.6) is 0 Å². The van der Waals surface area contributed by atoms with Crippen molar-refractivity contribution >= 4 is 23.1 Å². The number of nitrogens with zero attached hydrogens (tertiary/aromatic N) is 4. The van der Waals surface area contributed by atoms with Crippen molar-refractivity contribution in [2.24, 2.45) is 0 Å². The summed E-state index contributed by atoms with van der Waals surface area (Å²) in [7, 11) is 0. The Bertz CT molecular complexity index is 533. The van der Waals surface area contributed by atoms with Gasteiger partial charge in [0.25, 0.3) is 0 Å². The molecular formula is C10H13N5O. The number of hydrogen-bond donors (Lipinski definition) is 1. The smallest absolute Gasteiger partial charge is 0.171 e. The first-order valence-corrected chi connectivity index (χ1v) is 5.12. The number of rotatable bonds is 3. The minimum atomic E-state index is 0.172. The molecule has 0 fully saturated rings. The van der Waals surface area contributed by atoms with E-state index in [-0.39, 0.29) is 6.04 Å². The van der Waals surface area contributed by atoms with Crippen LogP contribution >= 0.6 is 0 Å². The van der Waals surface area contributed by atoms with Gasteiger partial charge in [0.05, 0.1) is 11.4 Å². The fourth-order valence-electron chi connectivity index (χ4n) is 1.59. The molecule has 2 heterocycles. The van der Waals surface area contributed by atoms with Gasteiger partial charge >= 0.3 is 0 Å². The SMILES string of the molecule is CCC(C)n1nc(C=O)c2c(N)ncnc21. The minimum absolute atomic E-state index is 0.172. The molecule has 2 rings (SSSR count). The maximum absolute atomic E-state index is 10.9. The lowest BCUT2D eigenvalue weighted by atomic mass is 10.2. The molecule has 0 saturated heterocycles. The normalized spacial score (nSPS) is 12.9. The quantitative estimate of drug-likeness (QED) is 0.783. The second-order valence-electron chi connectivity index (χ2n) is 3.66. The summed E-state index contributed by atoms with van der Waals surface area (Å²) in [6.07, 6.45) is 2.97. The molecule has 1 atom stereocenters. The Balaban J connectivity index is 2.78. The van der Waals surface area contributed by atoms with Crippen LogP contribution in [0.2, 0.25) is 0 Å². The largest absolute Gasteiger partial charge is 0.383 e. The van der Waals surface area contributed by atoms with E-state index in [1.807, 2.05) is 13.8 Å². The lowest BCUT2D eigenvalue weighted by Gasteiger charge is -2.09. The predicted octanol–water partition coefficient (Wildman–Crippen LogP) is 1.19. The van der Waals surface area contributed by atoms with Crippen molar-refractivity contribution in [3.8, 4) is 0 Å². The second-order valence-corrected chi connectivity index (χ2v) is 3.66. The Morgan fingerprint density at radius 2 is 2.31 bits per heavy atom. The van der Waals surface area contributed by atoms with Crippen LogP contribution in [-0.2, 0) is 0 Å². The zero-order valence-corrected chi connectivity index (χ0v) is 9.21. The molecule has 0 spiro atoms. The third-order valence-corrected chi connectivity index (χ3v) is 2.67. The lowest BCUT2D eigenvalue weighted by molar-refractivity contribution is 0.111. The van der Waals surface area contributed by atoms with Crippen LogP contribution in [0.1, 0.15) is 36.8 Å². The Hall–Kier alpha value is -1.98. The van der Waals surface area contributed by atoms with Gasteiger partial charge in [0.2, 0.25) is 0 Å². The molecule has 0 aliphatic carbocycles. The lowest BCUT2D eigenvalue weighted by Crippen LogP contribution is -2.07. The average Bonchev–Trinajstić information content (AvgIpc) is 2.68. The van der Waals surface area contributed by atoms with E-state index in [0.29, 0.717) is 28.8 Å². The second kappa shape index (κ2) is 3.88. The van der Waals surface area contributed by atoms with Gasteiger partial charge in [-0.2, -0.15) is 5.10 Å². The van der Waals surface area contributed by atoms with Crippen LogP contribution in [0.25, 0.3) is 11.0 Å². The summed E-state index contributed by atoms with van der Waals surface area (Å²) >= 11 is 0. The monoisotopic (exact) mass is 219 g/mol. The zero-order chi connectivity index (χ0) is 11.7. The van der Waals surface area contributed by atoms with E-state index in [1.54, 1.807) is 4.68 Å². The third kappa shape index (κ3) is 1.42. The fourth-order valence-corrected chi connectivity index (χ4v) is 1.59. The van der Waals surface area contributed by atoms with Crippen LogP contribution in [0, 0.1) is 0 Å². The molecule has 0 bridgehead atoms. The van der Waals surface area contributed by atoms with Gasteiger partial charge in [-0.3, -0.25) is 4.79 Å². The molecule has 0 saturated carbocycles. The number of aromatic nitrogens is 4. The van der Waals surface area contributed by atoms with E-state index in [9.17, 15) is 4.79 Å². The molecule has 2 N–H and O–H groups in total. The summed E-state index contributed by atoms with van der Waals surface area (Å²) in [4.78, 5) is 18.9. The summed E-state index contributed by atoms with van der Waals surface area (Å²) in [5.41, 5.74) is 6.64. The molecule has 2 aromatic rings. The Morgan fingerprint density at radius 1 is 1.56 bits per heavy atom. The number of hydrogen-bond acceptors (Lipinski definition) is 5. The first-order chi connectivity index (χ1) is 7.69. The number of aldehydes is 1. The molecule has 0 amide bonds. The van der Waals surface area contributed by atoms with Crippen molar-refractivity contribution in [3.63, 3.8) is 0 Å². The standard InChI is InChI=1S/C10H13N5O/c1-3-6(2)15-10-8(7(4-16)14-15)9(11)12-5-13-10/h4-6H,3H2,1-2H3,(H2,11,12,13). The summed E-state index contributed by atoms with van der Waals surface area (Å²) in [5, 5.41) is 4.75. The number of anilines is 1. The first kappa shape index (κ1) is 10.5. The van der Waals surface area contributed by atoms with Gasteiger partial charge in [0.1, 0.15) is 17.8 Å². The molecule has 2 aromatic heterocycles. The highest BCUT2D eigenvalue weighted by atomic mass is 16.1.